The van der Waals surface area contributed by atoms with Gasteiger partial charge in [-0.3, -0.25) is 0 Å². The summed E-state index contributed by atoms with van der Waals surface area (Å²) in [6.45, 7) is 3.05. The second kappa shape index (κ2) is 7.50. The van der Waals surface area contributed by atoms with Crippen LogP contribution in [0.25, 0.3) is 0 Å². The van der Waals surface area contributed by atoms with Crippen molar-refractivity contribution in [3.63, 3.8) is 0 Å². The SMILES string of the molecule is COc1cccc(CNCC2CCCCN2C)c1OC. The van der Waals surface area contributed by atoms with Crippen molar-refractivity contribution in [1.29, 1.82) is 0 Å². The number of ether oxygens (including phenoxy) is 2. The van der Waals surface area contributed by atoms with Gasteiger partial charge in [0.15, 0.2) is 11.5 Å². The normalized spacial score (nSPS) is 19.9. The lowest BCUT2D eigenvalue weighted by Gasteiger charge is -2.32. The zero-order chi connectivity index (χ0) is 14.4. The number of para-hydroxylation sites is 1. The molecular weight excluding hydrogens is 252 g/mol. The number of nitrogens with one attached hydrogen (secondary N) is 1. The molecule has 1 aromatic carbocycles. The Labute approximate surface area is 122 Å². The maximum Gasteiger partial charge on any atom is 0.165 e. The molecule has 1 unspecified atom stereocenters. The standard InChI is InChI=1S/C16H26N2O2/c1-18-10-5-4-8-14(18)12-17-11-13-7-6-9-15(19-2)16(13)20-3/h6-7,9,14,17H,4-5,8,10-12H2,1-3H3. The lowest BCUT2D eigenvalue weighted by molar-refractivity contribution is 0.181. The molecule has 0 aromatic heterocycles. The fourth-order valence-electron chi connectivity index (χ4n) is 2.87. The van der Waals surface area contributed by atoms with E-state index in [9.17, 15) is 0 Å². The Bertz CT molecular complexity index is 423. The molecule has 0 spiro atoms. The van der Waals surface area contributed by atoms with Crippen LogP contribution >= 0.6 is 0 Å². The van der Waals surface area contributed by atoms with Gasteiger partial charge in [-0.2, -0.15) is 0 Å². The summed E-state index contributed by atoms with van der Waals surface area (Å²) in [6, 6.07) is 6.67. The van der Waals surface area contributed by atoms with Crippen LogP contribution in [0.1, 0.15) is 24.8 Å². The maximum absolute atomic E-state index is 5.46. The molecule has 1 atom stereocenters. The van der Waals surface area contributed by atoms with Crippen molar-refractivity contribution in [3.05, 3.63) is 23.8 Å². The number of hydrogen-bond acceptors (Lipinski definition) is 4. The molecule has 0 radical (unpaired) electrons. The molecule has 1 saturated heterocycles. The Hall–Kier alpha value is -1.26. The number of nitrogens with zero attached hydrogens (tertiary/aromatic N) is 1. The lowest BCUT2D eigenvalue weighted by Crippen LogP contribution is -2.42. The molecular formula is C16H26N2O2. The molecule has 1 aliphatic heterocycles. The van der Waals surface area contributed by atoms with E-state index in [1.54, 1.807) is 14.2 Å². The van der Waals surface area contributed by atoms with Gasteiger partial charge in [-0.1, -0.05) is 18.6 Å². The molecule has 1 fully saturated rings. The van der Waals surface area contributed by atoms with Crippen molar-refractivity contribution in [3.8, 4) is 11.5 Å². The van der Waals surface area contributed by atoms with Crippen LogP contribution in [0, 0.1) is 0 Å². The maximum atomic E-state index is 5.46. The topological polar surface area (TPSA) is 33.7 Å². The first kappa shape index (κ1) is 15.1. The molecule has 2 rings (SSSR count). The third kappa shape index (κ3) is 3.64. The van der Waals surface area contributed by atoms with E-state index in [-0.39, 0.29) is 0 Å². The Morgan fingerprint density at radius 3 is 2.80 bits per heavy atom. The van der Waals surface area contributed by atoms with Gasteiger partial charge in [-0.25, -0.2) is 0 Å². The zero-order valence-corrected chi connectivity index (χ0v) is 12.8. The van der Waals surface area contributed by atoms with E-state index in [1.165, 1.54) is 25.8 Å². The van der Waals surface area contributed by atoms with Crippen LogP contribution < -0.4 is 14.8 Å². The van der Waals surface area contributed by atoms with Gasteiger partial charge < -0.3 is 19.7 Å². The molecule has 4 nitrogen and oxygen atoms in total. The second-order valence-electron chi connectivity index (χ2n) is 5.41. The summed E-state index contributed by atoms with van der Waals surface area (Å²) in [7, 11) is 5.58. The van der Waals surface area contributed by atoms with Gasteiger partial charge in [0.2, 0.25) is 0 Å². The summed E-state index contributed by atoms with van der Waals surface area (Å²) in [5.74, 6) is 1.63. The minimum atomic E-state index is 0.653. The predicted molar refractivity (Wildman–Crippen MR) is 81.5 cm³/mol. The molecule has 1 aliphatic rings. The van der Waals surface area contributed by atoms with Crippen molar-refractivity contribution in [2.75, 3.05) is 34.4 Å². The Morgan fingerprint density at radius 2 is 2.10 bits per heavy atom. The van der Waals surface area contributed by atoms with E-state index < -0.39 is 0 Å². The van der Waals surface area contributed by atoms with E-state index in [2.05, 4.69) is 23.3 Å². The number of piperidine rings is 1. The van der Waals surface area contributed by atoms with Gasteiger partial charge >= 0.3 is 0 Å². The van der Waals surface area contributed by atoms with E-state index in [1.807, 2.05) is 12.1 Å². The number of hydrogen-bond donors (Lipinski definition) is 1. The van der Waals surface area contributed by atoms with Gasteiger partial charge in [-0.05, 0) is 32.5 Å². The highest BCUT2D eigenvalue weighted by atomic mass is 16.5. The van der Waals surface area contributed by atoms with Gasteiger partial charge in [0, 0.05) is 24.7 Å². The first-order chi connectivity index (χ1) is 9.76. The van der Waals surface area contributed by atoms with E-state index in [0.29, 0.717) is 6.04 Å². The van der Waals surface area contributed by atoms with Crippen molar-refractivity contribution < 1.29 is 9.47 Å². The highest BCUT2D eigenvalue weighted by molar-refractivity contribution is 5.46. The number of benzene rings is 1. The third-order valence-corrected chi connectivity index (χ3v) is 4.10. The first-order valence-electron chi connectivity index (χ1n) is 7.37. The molecule has 1 aromatic rings. The van der Waals surface area contributed by atoms with Gasteiger partial charge in [0.25, 0.3) is 0 Å². The Balaban J connectivity index is 1.90. The molecule has 1 heterocycles. The summed E-state index contributed by atoms with van der Waals surface area (Å²) < 4.78 is 10.8. The van der Waals surface area contributed by atoms with E-state index in [0.717, 1.165) is 30.2 Å². The lowest BCUT2D eigenvalue weighted by atomic mass is 10.0. The van der Waals surface area contributed by atoms with Crippen molar-refractivity contribution in [2.24, 2.45) is 0 Å². The molecule has 0 amide bonds. The largest absolute Gasteiger partial charge is 0.493 e. The third-order valence-electron chi connectivity index (χ3n) is 4.10. The zero-order valence-electron chi connectivity index (χ0n) is 12.8. The van der Waals surface area contributed by atoms with Crippen LogP contribution in [0.15, 0.2) is 18.2 Å². The predicted octanol–water partition coefficient (Wildman–Crippen LogP) is 2.28. The smallest absolute Gasteiger partial charge is 0.165 e. The van der Waals surface area contributed by atoms with Crippen molar-refractivity contribution in [2.45, 2.75) is 31.8 Å². The van der Waals surface area contributed by atoms with Crippen LogP contribution in [0.4, 0.5) is 0 Å². The minimum Gasteiger partial charge on any atom is -0.493 e. The average Bonchev–Trinajstić information content (AvgIpc) is 2.48. The number of rotatable bonds is 6. The van der Waals surface area contributed by atoms with Crippen LogP contribution in [0.5, 0.6) is 11.5 Å². The van der Waals surface area contributed by atoms with Gasteiger partial charge in [-0.15, -0.1) is 0 Å². The first-order valence-corrected chi connectivity index (χ1v) is 7.37. The van der Waals surface area contributed by atoms with E-state index >= 15 is 0 Å². The van der Waals surface area contributed by atoms with Crippen LogP contribution in [-0.2, 0) is 6.54 Å². The molecule has 4 heteroatoms. The quantitative estimate of drug-likeness (QED) is 0.865. The summed E-state index contributed by atoms with van der Waals surface area (Å²) in [5, 5.41) is 3.55. The molecule has 1 N–H and O–H groups in total. The van der Waals surface area contributed by atoms with Gasteiger partial charge in [0.1, 0.15) is 0 Å². The van der Waals surface area contributed by atoms with Gasteiger partial charge in [0.05, 0.1) is 14.2 Å². The van der Waals surface area contributed by atoms with Crippen molar-refractivity contribution in [1.82, 2.24) is 10.2 Å². The fraction of sp³-hybridized carbons (Fsp3) is 0.625. The van der Waals surface area contributed by atoms with Crippen LogP contribution in [0.3, 0.4) is 0 Å². The summed E-state index contributed by atoms with van der Waals surface area (Å²) in [4.78, 5) is 2.46. The fourth-order valence-corrected chi connectivity index (χ4v) is 2.87. The Kier molecular flexibility index (Phi) is 5.68. The molecule has 20 heavy (non-hydrogen) atoms. The second-order valence-corrected chi connectivity index (χ2v) is 5.41. The summed E-state index contributed by atoms with van der Waals surface area (Å²) in [6.07, 6.45) is 3.97. The Morgan fingerprint density at radius 1 is 1.25 bits per heavy atom. The number of likely N-dealkylation sites (tertiary alicyclic amines) is 1. The molecule has 0 aliphatic carbocycles. The molecule has 112 valence electrons. The molecule has 0 bridgehead atoms. The minimum absolute atomic E-state index is 0.653. The summed E-state index contributed by atoms with van der Waals surface area (Å²) in [5.41, 5.74) is 1.14. The van der Waals surface area contributed by atoms with E-state index in [4.69, 9.17) is 9.47 Å². The number of likely N-dealkylation sites (N-methyl/N-ethyl adjacent to an activating group) is 1. The molecule has 0 saturated carbocycles. The highest BCUT2D eigenvalue weighted by Crippen LogP contribution is 2.30. The highest BCUT2D eigenvalue weighted by Gasteiger charge is 2.18. The average molecular weight is 278 g/mol. The number of methoxy groups -OCH3 is 2. The monoisotopic (exact) mass is 278 g/mol. The van der Waals surface area contributed by atoms with Crippen LogP contribution in [0.2, 0.25) is 0 Å². The van der Waals surface area contributed by atoms with Crippen LogP contribution in [-0.4, -0.2) is 45.3 Å². The summed E-state index contributed by atoms with van der Waals surface area (Å²) >= 11 is 0. The van der Waals surface area contributed by atoms with Crippen molar-refractivity contribution >= 4 is 0 Å².